The van der Waals surface area contributed by atoms with Gasteiger partial charge in [-0.3, -0.25) is 0 Å². The highest BCUT2D eigenvalue weighted by Gasteiger charge is 2.30. The van der Waals surface area contributed by atoms with Gasteiger partial charge in [-0.15, -0.1) is 0 Å². The third-order valence-electron chi connectivity index (χ3n) is 3.62. The Morgan fingerprint density at radius 1 is 1.35 bits per heavy atom. The first-order valence-corrected chi connectivity index (χ1v) is 9.69. The van der Waals surface area contributed by atoms with Gasteiger partial charge in [0.05, 0.1) is 18.9 Å². The molecule has 0 fully saturated rings. The largest absolute Gasteiger partial charge is 0.394 e. The normalized spacial score (nSPS) is 11.9. The summed E-state index contributed by atoms with van der Waals surface area (Å²) in [5.74, 6) is -0.441. The quantitative estimate of drug-likeness (QED) is 0.526. The molecule has 144 valence electrons. The number of nitrogens with zero attached hydrogens (tertiary/aromatic N) is 2. The molecule has 1 aromatic heterocycles. The van der Waals surface area contributed by atoms with Crippen LogP contribution in [-0.4, -0.2) is 36.3 Å². The van der Waals surface area contributed by atoms with Gasteiger partial charge in [-0.05, 0) is 25.0 Å². The van der Waals surface area contributed by atoms with Crippen LogP contribution in [0.4, 0.5) is 4.39 Å². The van der Waals surface area contributed by atoms with Gasteiger partial charge in [-0.2, -0.15) is 8.42 Å². The summed E-state index contributed by atoms with van der Waals surface area (Å²) in [4.78, 5) is 4.21. The van der Waals surface area contributed by atoms with Gasteiger partial charge in [0.1, 0.15) is 24.0 Å². The molecule has 7 nitrogen and oxygen atoms in total. The van der Waals surface area contributed by atoms with Crippen LogP contribution in [0.25, 0.3) is 0 Å². The molecule has 0 bridgehead atoms. The molecule has 9 heteroatoms. The predicted molar refractivity (Wildman–Crippen MR) is 92.9 cm³/mol. The number of halogens is 1. The van der Waals surface area contributed by atoms with Gasteiger partial charge in [0.15, 0.2) is 0 Å². The van der Waals surface area contributed by atoms with E-state index in [-0.39, 0.29) is 36.5 Å². The van der Waals surface area contributed by atoms with Crippen LogP contribution in [-0.2, 0) is 28.0 Å². The van der Waals surface area contributed by atoms with E-state index in [1.807, 2.05) is 20.8 Å². The third kappa shape index (κ3) is 4.60. The van der Waals surface area contributed by atoms with Crippen molar-refractivity contribution < 1.29 is 26.8 Å². The molecule has 2 aromatic rings. The van der Waals surface area contributed by atoms with Crippen LogP contribution in [0.2, 0.25) is 0 Å². The molecule has 2 rings (SSSR count). The molecular formula is C17H23FN2O5S. The second-order valence-corrected chi connectivity index (χ2v) is 7.35. The monoisotopic (exact) mass is 386 g/mol. The predicted octanol–water partition coefficient (Wildman–Crippen LogP) is 2.44. The van der Waals surface area contributed by atoms with Crippen molar-refractivity contribution in [3.63, 3.8) is 0 Å². The Hall–Kier alpha value is -1.97. The number of aliphatic hydroxyl groups is 1. The molecule has 26 heavy (non-hydrogen) atoms. The van der Waals surface area contributed by atoms with Crippen molar-refractivity contribution in [2.45, 2.75) is 44.9 Å². The van der Waals surface area contributed by atoms with Crippen LogP contribution in [0.1, 0.15) is 38.2 Å². The fraction of sp³-hybridized carbons (Fsp3) is 0.471. The second kappa shape index (κ2) is 8.61. The summed E-state index contributed by atoms with van der Waals surface area (Å²) in [7, 11) is -4.25. The van der Waals surface area contributed by atoms with Crippen molar-refractivity contribution >= 4 is 10.1 Å². The van der Waals surface area contributed by atoms with Gasteiger partial charge >= 0.3 is 10.1 Å². The number of hydrogen-bond acceptors (Lipinski definition) is 6. The minimum atomic E-state index is -4.25. The molecule has 0 unspecified atom stereocenters. The molecule has 0 radical (unpaired) electrons. The van der Waals surface area contributed by atoms with E-state index in [0.29, 0.717) is 18.1 Å². The summed E-state index contributed by atoms with van der Waals surface area (Å²) in [5, 5.41) is 8.63. The van der Waals surface area contributed by atoms with Gasteiger partial charge in [0.25, 0.3) is 0 Å². The molecule has 0 atom stereocenters. The van der Waals surface area contributed by atoms with Gasteiger partial charge in [0.2, 0.25) is 5.03 Å². The van der Waals surface area contributed by atoms with Crippen LogP contribution in [0.15, 0.2) is 29.3 Å². The first-order valence-electron chi connectivity index (χ1n) is 8.28. The lowest BCUT2D eigenvalue weighted by Gasteiger charge is -2.13. The summed E-state index contributed by atoms with van der Waals surface area (Å²) in [6.45, 7) is 6.10. The summed E-state index contributed by atoms with van der Waals surface area (Å²) >= 11 is 0. The van der Waals surface area contributed by atoms with Crippen molar-refractivity contribution in [1.82, 2.24) is 9.55 Å². The van der Waals surface area contributed by atoms with Gasteiger partial charge in [-0.1, -0.05) is 19.9 Å². The zero-order chi connectivity index (χ0) is 19.3. The maximum absolute atomic E-state index is 13.3. The maximum atomic E-state index is 13.3. The lowest BCUT2D eigenvalue weighted by Crippen LogP contribution is -2.14. The van der Waals surface area contributed by atoms with E-state index in [1.165, 1.54) is 18.2 Å². The molecule has 0 amide bonds. The summed E-state index contributed by atoms with van der Waals surface area (Å²) in [6.07, 6.45) is 0. The average Bonchev–Trinajstić information content (AvgIpc) is 2.94. The highest BCUT2D eigenvalue weighted by atomic mass is 32.2. The molecule has 1 N–H and O–H groups in total. The second-order valence-electron chi connectivity index (χ2n) is 5.89. The number of imidazole rings is 1. The fourth-order valence-corrected chi connectivity index (χ4v) is 3.86. The minimum absolute atomic E-state index is 0.0591. The summed E-state index contributed by atoms with van der Waals surface area (Å²) < 4.78 is 50.9. The summed E-state index contributed by atoms with van der Waals surface area (Å²) in [5.41, 5.74) is 0.492. The molecule has 0 spiro atoms. The standard InChI is InChI=1S/C17H23FN2O5S/c1-4-20-15(11-24-9-8-21)19-17(16(20)12(2)3)26(22,23)25-14-7-5-6-13(18)10-14/h5-7,10,12,21H,4,8-9,11H2,1-3H3. The molecule has 0 saturated heterocycles. The summed E-state index contributed by atoms with van der Waals surface area (Å²) in [6, 6.07) is 4.91. The Morgan fingerprint density at radius 3 is 2.65 bits per heavy atom. The first kappa shape index (κ1) is 20.3. The molecular weight excluding hydrogens is 363 g/mol. The highest BCUT2D eigenvalue weighted by molar-refractivity contribution is 7.87. The van der Waals surface area contributed by atoms with E-state index in [0.717, 1.165) is 6.07 Å². The van der Waals surface area contributed by atoms with Crippen LogP contribution in [0.3, 0.4) is 0 Å². The van der Waals surface area contributed by atoms with Crippen LogP contribution in [0, 0.1) is 5.82 Å². The molecule has 0 aliphatic heterocycles. The smallest absolute Gasteiger partial charge is 0.358 e. The Labute approximate surface area is 152 Å². The Kier molecular flexibility index (Phi) is 6.74. The number of hydrogen-bond donors (Lipinski definition) is 1. The van der Waals surface area contributed by atoms with E-state index in [1.54, 1.807) is 4.57 Å². The van der Waals surface area contributed by atoms with Gasteiger partial charge in [0, 0.05) is 12.6 Å². The van der Waals surface area contributed by atoms with Gasteiger partial charge < -0.3 is 18.6 Å². The number of rotatable bonds is 9. The topological polar surface area (TPSA) is 90.6 Å². The lowest BCUT2D eigenvalue weighted by molar-refractivity contribution is 0.0759. The van der Waals surface area contributed by atoms with Crippen LogP contribution < -0.4 is 4.18 Å². The van der Waals surface area contributed by atoms with Crippen molar-refractivity contribution in [1.29, 1.82) is 0 Å². The molecule has 0 aliphatic carbocycles. The molecule has 1 heterocycles. The van der Waals surface area contributed by atoms with Gasteiger partial charge in [-0.25, -0.2) is 9.37 Å². The SMILES string of the molecule is CCn1c(COCCO)nc(S(=O)(=O)Oc2cccc(F)c2)c1C(C)C. The zero-order valence-corrected chi connectivity index (χ0v) is 15.8. The van der Waals surface area contributed by atoms with E-state index < -0.39 is 15.9 Å². The average molecular weight is 386 g/mol. The number of ether oxygens (including phenoxy) is 1. The maximum Gasteiger partial charge on any atom is 0.358 e. The molecule has 1 aromatic carbocycles. The number of aromatic nitrogens is 2. The van der Waals surface area contributed by atoms with Crippen molar-refractivity contribution in [2.75, 3.05) is 13.2 Å². The van der Waals surface area contributed by atoms with E-state index >= 15 is 0 Å². The lowest BCUT2D eigenvalue weighted by atomic mass is 10.1. The van der Waals surface area contributed by atoms with Crippen LogP contribution in [0.5, 0.6) is 5.75 Å². The van der Waals surface area contributed by atoms with Crippen LogP contribution >= 0.6 is 0 Å². The van der Waals surface area contributed by atoms with E-state index in [4.69, 9.17) is 14.0 Å². The number of benzene rings is 1. The highest BCUT2D eigenvalue weighted by Crippen LogP contribution is 2.28. The number of aliphatic hydroxyl groups excluding tert-OH is 1. The fourth-order valence-electron chi connectivity index (χ4n) is 2.61. The Bertz CT molecular complexity index is 849. The van der Waals surface area contributed by atoms with E-state index in [2.05, 4.69) is 4.98 Å². The Morgan fingerprint density at radius 2 is 2.08 bits per heavy atom. The molecule has 0 saturated carbocycles. The third-order valence-corrected chi connectivity index (χ3v) is 4.81. The van der Waals surface area contributed by atoms with E-state index in [9.17, 15) is 12.8 Å². The Balaban J connectivity index is 2.45. The minimum Gasteiger partial charge on any atom is -0.394 e. The zero-order valence-electron chi connectivity index (χ0n) is 15.0. The van der Waals surface area contributed by atoms with Crippen molar-refractivity contribution in [3.05, 3.63) is 41.6 Å². The van der Waals surface area contributed by atoms with Crippen molar-refractivity contribution in [2.24, 2.45) is 0 Å². The molecule has 0 aliphatic rings. The first-order chi connectivity index (χ1) is 12.3. The van der Waals surface area contributed by atoms with Crippen molar-refractivity contribution in [3.8, 4) is 5.75 Å².